The smallest absolute Gasteiger partial charge is 0.342 e. The van der Waals surface area contributed by atoms with Gasteiger partial charge >= 0.3 is 6.01 Å². The standard InChI is InChI=1S/C15H21N5O/c1-3-4-13-7-11(9-16-12-5-6-12)8-14(18-13)21-15-17-10-20(2)19-15/h7-8,10,12,16H,3-6,9H2,1-2H3. The van der Waals surface area contributed by atoms with Crippen molar-refractivity contribution in [1.29, 1.82) is 0 Å². The molecule has 112 valence electrons. The molecule has 0 aliphatic heterocycles. The number of hydrogen-bond donors (Lipinski definition) is 1. The van der Waals surface area contributed by atoms with Crippen molar-refractivity contribution in [3.05, 3.63) is 29.7 Å². The molecule has 0 radical (unpaired) electrons. The molecule has 2 aromatic heterocycles. The van der Waals surface area contributed by atoms with Crippen LogP contribution in [-0.4, -0.2) is 25.8 Å². The Morgan fingerprint density at radius 2 is 2.24 bits per heavy atom. The summed E-state index contributed by atoms with van der Waals surface area (Å²) in [4.78, 5) is 8.61. The van der Waals surface area contributed by atoms with Gasteiger partial charge in [-0.15, -0.1) is 5.10 Å². The number of pyridine rings is 1. The number of hydrogen-bond acceptors (Lipinski definition) is 5. The monoisotopic (exact) mass is 287 g/mol. The average Bonchev–Trinajstić information content (AvgIpc) is 3.20. The third kappa shape index (κ3) is 4.01. The van der Waals surface area contributed by atoms with Gasteiger partial charge in [-0.2, -0.15) is 4.98 Å². The van der Waals surface area contributed by atoms with Crippen LogP contribution in [0.2, 0.25) is 0 Å². The van der Waals surface area contributed by atoms with Gasteiger partial charge < -0.3 is 10.1 Å². The summed E-state index contributed by atoms with van der Waals surface area (Å²) in [6, 6.07) is 5.14. The largest absolute Gasteiger partial charge is 0.404 e. The molecule has 0 saturated heterocycles. The Bertz CT molecular complexity index is 606. The van der Waals surface area contributed by atoms with Crippen LogP contribution in [0.5, 0.6) is 11.9 Å². The first-order chi connectivity index (χ1) is 10.2. The first-order valence-electron chi connectivity index (χ1n) is 7.49. The van der Waals surface area contributed by atoms with Gasteiger partial charge in [0.1, 0.15) is 6.33 Å². The molecule has 2 aromatic rings. The lowest BCUT2D eigenvalue weighted by Gasteiger charge is -2.08. The highest BCUT2D eigenvalue weighted by Gasteiger charge is 2.20. The van der Waals surface area contributed by atoms with Gasteiger partial charge in [0.25, 0.3) is 0 Å². The van der Waals surface area contributed by atoms with E-state index in [1.165, 1.54) is 18.4 Å². The zero-order valence-corrected chi connectivity index (χ0v) is 12.5. The van der Waals surface area contributed by atoms with Crippen LogP contribution in [0, 0.1) is 0 Å². The summed E-state index contributed by atoms with van der Waals surface area (Å²) in [5.41, 5.74) is 2.25. The predicted octanol–water partition coefficient (Wildman–Crippen LogP) is 2.21. The average molecular weight is 287 g/mol. The minimum atomic E-state index is 0.333. The fraction of sp³-hybridized carbons (Fsp3) is 0.533. The van der Waals surface area contributed by atoms with E-state index in [1.54, 1.807) is 11.0 Å². The fourth-order valence-corrected chi connectivity index (χ4v) is 2.17. The van der Waals surface area contributed by atoms with Crippen molar-refractivity contribution in [1.82, 2.24) is 25.1 Å². The summed E-state index contributed by atoms with van der Waals surface area (Å²) in [7, 11) is 1.81. The van der Waals surface area contributed by atoms with E-state index in [1.807, 2.05) is 13.1 Å². The van der Waals surface area contributed by atoms with E-state index in [9.17, 15) is 0 Å². The van der Waals surface area contributed by atoms with Gasteiger partial charge in [0.05, 0.1) is 0 Å². The van der Waals surface area contributed by atoms with Crippen LogP contribution in [0.4, 0.5) is 0 Å². The molecule has 1 N–H and O–H groups in total. The third-order valence-corrected chi connectivity index (χ3v) is 3.37. The maximum Gasteiger partial charge on any atom is 0.342 e. The van der Waals surface area contributed by atoms with E-state index in [0.717, 1.165) is 25.1 Å². The lowest BCUT2D eigenvalue weighted by molar-refractivity contribution is 0.420. The van der Waals surface area contributed by atoms with E-state index in [4.69, 9.17) is 4.74 Å². The molecule has 21 heavy (non-hydrogen) atoms. The topological polar surface area (TPSA) is 64.9 Å². The van der Waals surface area contributed by atoms with Crippen LogP contribution < -0.4 is 10.1 Å². The van der Waals surface area contributed by atoms with Crippen molar-refractivity contribution in [2.45, 2.75) is 45.2 Å². The van der Waals surface area contributed by atoms with Crippen molar-refractivity contribution in [3.63, 3.8) is 0 Å². The number of rotatable bonds is 7. The molecule has 1 saturated carbocycles. The molecule has 1 aliphatic carbocycles. The summed E-state index contributed by atoms with van der Waals surface area (Å²) >= 11 is 0. The second kappa shape index (κ2) is 6.22. The van der Waals surface area contributed by atoms with Gasteiger partial charge in [-0.05, 0) is 30.9 Å². The quantitative estimate of drug-likeness (QED) is 0.845. The number of aromatic nitrogens is 4. The zero-order chi connectivity index (χ0) is 14.7. The summed E-state index contributed by atoms with van der Waals surface area (Å²) < 4.78 is 7.28. The molecule has 0 unspecified atom stereocenters. The Morgan fingerprint density at radius 3 is 2.90 bits per heavy atom. The van der Waals surface area contributed by atoms with Gasteiger partial charge in [0.2, 0.25) is 5.88 Å². The van der Waals surface area contributed by atoms with Crippen molar-refractivity contribution in [2.24, 2.45) is 7.05 Å². The zero-order valence-electron chi connectivity index (χ0n) is 12.5. The van der Waals surface area contributed by atoms with Crippen molar-refractivity contribution >= 4 is 0 Å². The highest BCUT2D eigenvalue weighted by Crippen LogP contribution is 2.22. The fourth-order valence-electron chi connectivity index (χ4n) is 2.17. The first-order valence-corrected chi connectivity index (χ1v) is 7.49. The molecule has 0 bridgehead atoms. The van der Waals surface area contributed by atoms with E-state index in [2.05, 4.69) is 33.4 Å². The molecule has 6 heteroatoms. The van der Waals surface area contributed by atoms with Crippen LogP contribution in [0.25, 0.3) is 0 Å². The summed E-state index contributed by atoms with van der Waals surface area (Å²) in [6.07, 6.45) is 6.19. The second-order valence-corrected chi connectivity index (χ2v) is 5.51. The summed E-state index contributed by atoms with van der Waals surface area (Å²) in [6.45, 7) is 3.01. The molecule has 0 atom stereocenters. The Hall–Kier alpha value is -1.95. The van der Waals surface area contributed by atoms with E-state index in [0.29, 0.717) is 17.9 Å². The van der Waals surface area contributed by atoms with Crippen LogP contribution in [0.1, 0.15) is 37.4 Å². The number of nitrogens with zero attached hydrogens (tertiary/aromatic N) is 4. The Labute approximate surface area is 124 Å². The molecule has 1 fully saturated rings. The van der Waals surface area contributed by atoms with Crippen LogP contribution in [0.15, 0.2) is 18.5 Å². The lowest BCUT2D eigenvalue weighted by atomic mass is 10.1. The Morgan fingerprint density at radius 1 is 1.38 bits per heavy atom. The van der Waals surface area contributed by atoms with E-state index < -0.39 is 0 Å². The van der Waals surface area contributed by atoms with Gasteiger partial charge in [-0.1, -0.05) is 13.3 Å². The van der Waals surface area contributed by atoms with Crippen LogP contribution in [-0.2, 0) is 20.0 Å². The summed E-state index contributed by atoms with van der Waals surface area (Å²) in [5.74, 6) is 0.569. The third-order valence-electron chi connectivity index (χ3n) is 3.37. The maximum atomic E-state index is 5.67. The highest BCUT2D eigenvalue weighted by atomic mass is 16.5. The molecule has 6 nitrogen and oxygen atoms in total. The SMILES string of the molecule is CCCc1cc(CNC2CC2)cc(Oc2ncn(C)n2)n1. The lowest BCUT2D eigenvalue weighted by Crippen LogP contribution is -2.15. The molecule has 0 spiro atoms. The van der Waals surface area contributed by atoms with Crippen LogP contribution in [0.3, 0.4) is 0 Å². The van der Waals surface area contributed by atoms with Gasteiger partial charge in [-0.25, -0.2) is 4.98 Å². The molecule has 3 rings (SSSR count). The van der Waals surface area contributed by atoms with Gasteiger partial charge in [-0.3, -0.25) is 4.68 Å². The molecule has 2 heterocycles. The minimum Gasteiger partial charge on any atom is -0.404 e. The highest BCUT2D eigenvalue weighted by molar-refractivity contribution is 5.27. The Kier molecular flexibility index (Phi) is 4.15. The van der Waals surface area contributed by atoms with Crippen LogP contribution >= 0.6 is 0 Å². The molecule has 0 amide bonds. The normalized spacial score (nSPS) is 14.4. The van der Waals surface area contributed by atoms with E-state index >= 15 is 0 Å². The second-order valence-electron chi connectivity index (χ2n) is 5.51. The minimum absolute atomic E-state index is 0.333. The number of nitrogens with one attached hydrogen (secondary N) is 1. The number of ether oxygens (including phenoxy) is 1. The molecular formula is C15H21N5O. The summed E-state index contributed by atoms with van der Waals surface area (Å²) in [5, 5.41) is 7.64. The van der Waals surface area contributed by atoms with Crippen molar-refractivity contribution in [2.75, 3.05) is 0 Å². The Balaban J connectivity index is 1.76. The predicted molar refractivity (Wildman–Crippen MR) is 79.2 cm³/mol. The van der Waals surface area contributed by atoms with Gasteiger partial charge in [0, 0.05) is 31.4 Å². The van der Waals surface area contributed by atoms with Crippen molar-refractivity contribution < 1.29 is 4.74 Å². The van der Waals surface area contributed by atoms with E-state index in [-0.39, 0.29) is 0 Å². The molecule has 1 aliphatic rings. The van der Waals surface area contributed by atoms with Crippen molar-refractivity contribution in [3.8, 4) is 11.9 Å². The molecule has 0 aromatic carbocycles. The molecular weight excluding hydrogens is 266 g/mol. The number of aryl methyl sites for hydroxylation is 2. The maximum absolute atomic E-state index is 5.67. The first kappa shape index (κ1) is 14.0. The van der Waals surface area contributed by atoms with Gasteiger partial charge in [0.15, 0.2) is 0 Å².